The van der Waals surface area contributed by atoms with Crippen LogP contribution >= 0.6 is 0 Å². The molecule has 0 aromatic heterocycles. The third kappa shape index (κ3) is 5.28. The Kier molecular flexibility index (Phi) is 7.31. The van der Waals surface area contributed by atoms with Gasteiger partial charge in [0, 0.05) is 63.4 Å². The van der Waals surface area contributed by atoms with E-state index in [1.165, 1.54) is 5.56 Å². The molecule has 1 atom stereocenters. The molecule has 36 heavy (non-hydrogen) atoms. The van der Waals surface area contributed by atoms with Crippen LogP contribution in [0.3, 0.4) is 0 Å². The number of piperidine rings is 1. The number of piperazine rings is 1. The van der Waals surface area contributed by atoms with Crippen molar-refractivity contribution in [3.05, 3.63) is 64.7 Å². The van der Waals surface area contributed by atoms with E-state index in [1.54, 1.807) is 17.0 Å². The number of imide groups is 1. The molecule has 3 aliphatic rings. The van der Waals surface area contributed by atoms with Gasteiger partial charge in [-0.2, -0.15) is 0 Å². The molecule has 9 nitrogen and oxygen atoms in total. The molecule has 2 saturated heterocycles. The maximum Gasteiger partial charge on any atom is 0.255 e. The minimum Gasteiger partial charge on any atom is -0.489 e. The van der Waals surface area contributed by atoms with Gasteiger partial charge in [0.2, 0.25) is 11.8 Å². The molecule has 0 bridgehead atoms. The summed E-state index contributed by atoms with van der Waals surface area (Å²) in [6.07, 6.45) is 0.578. The van der Waals surface area contributed by atoms with Gasteiger partial charge in [-0.15, -0.1) is 0 Å². The number of hydrogen-bond acceptors (Lipinski definition) is 7. The van der Waals surface area contributed by atoms with Gasteiger partial charge in [-0.05, 0) is 29.7 Å². The monoisotopic (exact) mass is 491 g/mol. The van der Waals surface area contributed by atoms with Crippen LogP contribution in [-0.2, 0) is 29.3 Å². The highest BCUT2D eigenvalue weighted by molar-refractivity contribution is 6.05. The van der Waals surface area contributed by atoms with E-state index in [9.17, 15) is 14.4 Å². The molecule has 3 heterocycles. The average molecular weight is 492 g/mol. The van der Waals surface area contributed by atoms with Crippen molar-refractivity contribution in [2.45, 2.75) is 38.6 Å². The highest BCUT2D eigenvalue weighted by atomic mass is 16.5. The highest BCUT2D eigenvalue weighted by Gasteiger charge is 2.40. The molecule has 3 aliphatic heterocycles. The molecular weight excluding hydrogens is 458 g/mol. The molecule has 0 aliphatic carbocycles. The first-order valence-electron chi connectivity index (χ1n) is 12.6. The van der Waals surface area contributed by atoms with E-state index >= 15 is 0 Å². The van der Waals surface area contributed by atoms with Crippen LogP contribution in [0.1, 0.15) is 39.9 Å². The summed E-state index contributed by atoms with van der Waals surface area (Å²) in [5.41, 5.74) is 9.34. The maximum atomic E-state index is 13.0. The van der Waals surface area contributed by atoms with Crippen LogP contribution < -0.4 is 15.8 Å². The third-order valence-electron chi connectivity index (χ3n) is 7.24. The molecule has 5 rings (SSSR count). The van der Waals surface area contributed by atoms with Gasteiger partial charge < -0.3 is 15.4 Å². The Hall–Kier alpha value is -3.27. The molecular formula is C27H33N5O4. The minimum atomic E-state index is -0.635. The second-order valence-electron chi connectivity index (χ2n) is 9.70. The van der Waals surface area contributed by atoms with Gasteiger partial charge in [-0.25, -0.2) is 0 Å². The third-order valence-corrected chi connectivity index (χ3v) is 7.24. The predicted molar refractivity (Wildman–Crippen MR) is 134 cm³/mol. The summed E-state index contributed by atoms with van der Waals surface area (Å²) in [5.74, 6) is -0.247. The SMILES string of the molecule is NCCN1CCN(Cc2cccc(COc3cccc4c3CN(C3CCC(=O)NC3=O)C4=O)c2)CC1. The molecule has 2 aromatic rings. The van der Waals surface area contributed by atoms with Crippen molar-refractivity contribution in [2.24, 2.45) is 5.73 Å². The Balaban J connectivity index is 1.21. The molecule has 3 amide bonds. The Labute approximate surface area is 211 Å². The van der Waals surface area contributed by atoms with Crippen molar-refractivity contribution in [3.63, 3.8) is 0 Å². The summed E-state index contributed by atoms with van der Waals surface area (Å²) in [4.78, 5) is 43.3. The van der Waals surface area contributed by atoms with Crippen LogP contribution in [-0.4, -0.2) is 77.7 Å². The van der Waals surface area contributed by atoms with E-state index in [-0.39, 0.29) is 18.2 Å². The first kappa shape index (κ1) is 24.4. The number of nitrogens with one attached hydrogen (secondary N) is 1. The van der Waals surface area contributed by atoms with Gasteiger partial charge in [0.25, 0.3) is 5.91 Å². The fourth-order valence-corrected chi connectivity index (χ4v) is 5.28. The second kappa shape index (κ2) is 10.8. The molecule has 9 heteroatoms. The number of benzene rings is 2. The van der Waals surface area contributed by atoms with Gasteiger partial charge in [0.1, 0.15) is 18.4 Å². The summed E-state index contributed by atoms with van der Waals surface area (Å²) in [7, 11) is 0. The first-order valence-corrected chi connectivity index (χ1v) is 12.6. The molecule has 190 valence electrons. The van der Waals surface area contributed by atoms with E-state index in [1.807, 2.05) is 12.1 Å². The van der Waals surface area contributed by atoms with Gasteiger partial charge in [-0.1, -0.05) is 30.3 Å². The van der Waals surface area contributed by atoms with Crippen molar-refractivity contribution < 1.29 is 19.1 Å². The van der Waals surface area contributed by atoms with Crippen LogP contribution in [0.15, 0.2) is 42.5 Å². The lowest BCUT2D eigenvalue weighted by Gasteiger charge is -2.34. The predicted octanol–water partition coefficient (Wildman–Crippen LogP) is 1.10. The van der Waals surface area contributed by atoms with Crippen molar-refractivity contribution in [3.8, 4) is 5.75 Å². The number of ether oxygens (including phenoxy) is 1. The average Bonchev–Trinajstić information content (AvgIpc) is 3.21. The van der Waals surface area contributed by atoms with Crippen LogP contribution in [0.4, 0.5) is 0 Å². The Morgan fingerprint density at radius 3 is 2.50 bits per heavy atom. The van der Waals surface area contributed by atoms with E-state index in [0.717, 1.165) is 50.4 Å². The topological polar surface area (TPSA) is 108 Å². The Morgan fingerprint density at radius 2 is 1.72 bits per heavy atom. The summed E-state index contributed by atoms with van der Waals surface area (Å²) >= 11 is 0. The van der Waals surface area contributed by atoms with Crippen LogP contribution in [0.25, 0.3) is 0 Å². The summed E-state index contributed by atoms with van der Waals surface area (Å²) < 4.78 is 6.18. The number of carbonyl (C=O) groups excluding carboxylic acids is 3. The maximum absolute atomic E-state index is 13.0. The fraction of sp³-hybridized carbons (Fsp3) is 0.444. The first-order chi connectivity index (χ1) is 17.5. The summed E-state index contributed by atoms with van der Waals surface area (Å²) in [6.45, 7) is 7.43. The lowest BCUT2D eigenvalue weighted by molar-refractivity contribution is -0.136. The molecule has 3 N–H and O–H groups in total. The number of rotatable bonds is 8. The number of nitrogens with two attached hydrogens (primary N) is 1. The van der Waals surface area contributed by atoms with Gasteiger partial charge >= 0.3 is 0 Å². The van der Waals surface area contributed by atoms with Crippen LogP contribution in [0, 0.1) is 0 Å². The van der Waals surface area contributed by atoms with Crippen LogP contribution in [0.5, 0.6) is 5.75 Å². The molecule has 1 unspecified atom stereocenters. The normalized spacial score (nSPS) is 21.0. The van der Waals surface area contributed by atoms with Crippen LogP contribution in [0.2, 0.25) is 0 Å². The quantitative estimate of drug-likeness (QED) is 0.533. The lowest BCUT2D eigenvalue weighted by Crippen LogP contribution is -2.52. The Bertz CT molecular complexity index is 1140. The van der Waals surface area contributed by atoms with Gasteiger partial charge in [-0.3, -0.25) is 29.5 Å². The second-order valence-corrected chi connectivity index (χ2v) is 9.70. The zero-order valence-electron chi connectivity index (χ0n) is 20.4. The van der Waals surface area contributed by atoms with E-state index in [4.69, 9.17) is 10.5 Å². The molecule has 0 saturated carbocycles. The number of hydrogen-bond donors (Lipinski definition) is 2. The highest BCUT2D eigenvalue weighted by Crippen LogP contribution is 2.34. The van der Waals surface area contributed by atoms with Crippen molar-refractivity contribution in [1.29, 1.82) is 0 Å². The lowest BCUT2D eigenvalue weighted by atomic mass is 10.0. The Morgan fingerprint density at radius 1 is 0.972 bits per heavy atom. The summed E-state index contributed by atoms with van der Waals surface area (Å²) in [6, 6.07) is 13.2. The van der Waals surface area contributed by atoms with Crippen molar-refractivity contribution >= 4 is 17.7 Å². The fourth-order valence-electron chi connectivity index (χ4n) is 5.28. The van der Waals surface area contributed by atoms with E-state index < -0.39 is 11.9 Å². The van der Waals surface area contributed by atoms with Gasteiger partial charge in [0.15, 0.2) is 0 Å². The molecule has 2 aromatic carbocycles. The number of nitrogens with zero attached hydrogens (tertiary/aromatic N) is 3. The molecule has 0 spiro atoms. The van der Waals surface area contributed by atoms with E-state index in [0.29, 0.717) is 37.4 Å². The number of carbonyl (C=O) groups is 3. The van der Waals surface area contributed by atoms with Gasteiger partial charge in [0.05, 0.1) is 6.54 Å². The van der Waals surface area contributed by atoms with Crippen molar-refractivity contribution in [1.82, 2.24) is 20.0 Å². The van der Waals surface area contributed by atoms with Crippen molar-refractivity contribution in [2.75, 3.05) is 39.3 Å². The minimum absolute atomic E-state index is 0.196. The summed E-state index contributed by atoms with van der Waals surface area (Å²) in [5, 5.41) is 2.34. The standard InChI is InChI=1S/C27H33N5O4/c28-9-10-30-11-13-31(14-12-30)16-19-3-1-4-20(15-19)18-36-24-6-2-5-21-22(24)17-32(27(21)35)23-7-8-25(33)29-26(23)34/h1-6,15,23H,7-14,16-18,28H2,(H,29,33,34). The van der Waals surface area contributed by atoms with E-state index in [2.05, 4.69) is 33.3 Å². The molecule has 2 fully saturated rings. The zero-order valence-corrected chi connectivity index (χ0v) is 20.4. The zero-order chi connectivity index (χ0) is 25.1. The number of fused-ring (bicyclic) bond motifs is 1. The molecule has 0 radical (unpaired) electrons. The number of amides is 3. The smallest absolute Gasteiger partial charge is 0.255 e. The largest absolute Gasteiger partial charge is 0.489 e.